The fourth-order valence-corrected chi connectivity index (χ4v) is 2.80. The molecule has 1 aromatic carbocycles. The molecule has 1 heterocycles. The van der Waals surface area contributed by atoms with E-state index in [0.29, 0.717) is 12.2 Å². The second-order valence-corrected chi connectivity index (χ2v) is 5.56. The standard InChI is InChI=1S/C11H7Cl2FN2O2S/c12-8-3-6(14)4-9(13)11(8)15-5-7-1-2-10(19-7)16(17)18/h1-4,15H,5H2. The average Bonchev–Trinajstić information content (AvgIpc) is 2.76. The molecule has 0 unspecified atom stereocenters. The summed E-state index contributed by atoms with van der Waals surface area (Å²) >= 11 is 12.8. The Morgan fingerprint density at radius 2 is 1.95 bits per heavy atom. The van der Waals surface area contributed by atoms with E-state index in [0.717, 1.165) is 28.3 Å². The Bertz CT molecular complexity index is 610. The number of nitro groups is 1. The van der Waals surface area contributed by atoms with Gasteiger partial charge >= 0.3 is 5.00 Å². The minimum absolute atomic E-state index is 0.0631. The molecule has 2 rings (SSSR count). The summed E-state index contributed by atoms with van der Waals surface area (Å²) in [4.78, 5) is 10.8. The van der Waals surface area contributed by atoms with Crippen molar-refractivity contribution in [3.05, 3.63) is 55.1 Å². The Labute approximate surface area is 121 Å². The molecule has 0 amide bonds. The van der Waals surface area contributed by atoms with E-state index in [2.05, 4.69) is 5.32 Å². The molecule has 0 radical (unpaired) electrons. The smallest absolute Gasteiger partial charge is 0.324 e. The van der Waals surface area contributed by atoms with Crippen molar-refractivity contribution in [2.45, 2.75) is 6.54 Å². The van der Waals surface area contributed by atoms with E-state index in [1.54, 1.807) is 6.07 Å². The van der Waals surface area contributed by atoms with Crippen molar-refractivity contribution < 1.29 is 9.31 Å². The van der Waals surface area contributed by atoms with Crippen LogP contribution in [0.25, 0.3) is 0 Å². The van der Waals surface area contributed by atoms with Gasteiger partial charge in [0.1, 0.15) is 5.82 Å². The Balaban J connectivity index is 2.12. The highest BCUT2D eigenvalue weighted by atomic mass is 35.5. The highest BCUT2D eigenvalue weighted by Crippen LogP contribution is 2.32. The van der Waals surface area contributed by atoms with Gasteiger partial charge in [-0.25, -0.2) is 4.39 Å². The fourth-order valence-electron chi connectivity index (χ4n) is 1.45. The third-order valence-corrected chi connectivity index (χ3v) is 3.91. The molecule has 0 aliphatic carbocycles. The van der Waals surface area contributed by atoms with E-state index in [1.165, 1.54) is 6.07 Å². The van der Waals surface area contributed by atoms with Crippen molar-refractivity contribution in [3.63, 3.8) is 0 Å². The van der Waals surface area contributed by atoms with Gasteiger partial charge in [-0.15, -0.1) is 0 Å². The second kappa shape index (κ2) is 5.73. The zero-order valence-electron chi connectivity index (χ0n) is 9.32. The molecule has 0 atom stereocenters. The van der Waals surface area contributed by atoms with Crippen LogP contribution in [-0.2, 0) is 6.54 Å². The number of nitrogens with zero attached hydrogens (tertiary/aromatic N) is 1. The summed E-state index contributed by atoms with van der Waals surface area (Å²) in [7, 11) is 0. The molecule has 0 aliphatic rings. The van der Waals surface area contributed by atoms with E-state index in [4.69, 9.17) is 23.2 Å². The van der Waals surface area contributed by atoms with Crippen molar-refractivity contribution in [2.75, 3.05) is 5.32 Å². The minimum Gasteiger partial charge on any atom is -0.378 e. The van der Waals surface area contributed by atoms with Crippen molar-refractivity contribution in [1.29, 1.82) is 0 Å². The first-order chi connectivity index (χ1) is 8.97. The van der Waals surface area contributed by atoms with Crippen LogP contribution in [0.3, 0.4) is 0 Å². The number of halogens is 3. The van der Waals surface area contributed by atoms with Gasteiger partial charge in [0.15, 0.2) is 0 Å². The van der Waals surface area contributed by atoms with Crippen LogP contribution in [0.15, 0.2) is 24.3 Å². The van der Waals surface area contributed by atoms with Crippen LogP contribution in [0.1, 0.15) is 4.88 Å². The van der Waals surface area contributed by atoms with Crippen molar-refractivity contribution in [3.8, 4) is 0 Å². The fraction of sp³-hybridized carbons (Fsp3) is 0.0909. The monoisotopic (exact) mass is 320 g/mol. The van der Waals surface area contributed by atoms with Crippen molar-refractivity contribution in [1.82, 2.24) is 0 Å². The average molecular weight is 321 g/mol. The number of hydrogen-bond donors (Lipinski definition) is 1. The lowest BCUT2D eigenvalue weighted by Gasteiger charge is -2.09. The molecule has 4 nitrogen and oxygen atoms in total. The van der Waals surface area contributed by atoms with E-state index < -0.39 is 10.7 Å². The predicted octanol–water partition coefficient (Wildman–Crippen LogP) is 4.71. The minimum atomic E-state index is -0.521. The van der Waals surface area contributed by atoms with Gasteiger partial charge in [0.25, 0.3) is 0 Å². The molecule has 1 N–H and O–H groups in total. The Morgan fingerprint density at radius 3 is 2.47 bits per heavy atom. The third kappa shape index (κ3) is 3.34. The lowest BCUT2D eigenvalue weighted by atomic mass is 10.3. The van der Waals surface area contributed by atoms with Crippen LogP contribution in [0.5, 0.6) is 0 Å². The lowest BCUT2D eigenvalue weighted by Crippen LogP contribution is -1.99. The number of benzene rings is 1. The summed E-state index contributed by atoms with van der Waals surface area (Å²) in [6, 6.07) is 5.36. The molecular formula is C11H7Cl2FN2O2S. The van der Waals surface area contributed by atoms with Gasteiger partial charge < -0.3 is 5.32 Å². The molecule has 0 saturated carbocycles. The molecule has 0 bridgehead atoms. The first-order valence-electron chi connectivity index (χ1n) is 5.09. The molecule has 0 fully saturated rings. The number of thiophene rings is 1. The molecule has 2 aromatic rings. The summed E-state index contributed by atoms with van der Waals surface area (Å²) in [5.74, 6) is -0.521. The topological polar surface area (TPSA) is 55.2 Å². The number of hydrogen-bond acceptors (Lipinski definition) is 4. The van der Waals surface area contributed by atoms with E-state index in [9.17, 15) is 14.5 Å². The molecule has 0 aliphatic heterocycles. The third-order valence-electron chi connectivity index (χ3n) is 2.27. The van der Waals surface area contributed by atoms with Gasteiger partial charge in [0.2, 0.25) is 0 Å². The number of anilines is 1. The Morgan fingerprint density at radius 1 is 1.32 bits per heavy atom. The van der Waals surface area contributed by atoms with E-state index in [1.807, 2.05) is 0 Å². The van der Waals surface area contributed by atoms with Crippen LogP contribution in [-0.4, -0.2) is 4.92 Å². The first kappa shape index (κ1) is 14.0. The van der Waals surface area contributed by atoms with E-state index >= 15 is 0 Å². The summed E-state index contributed by atoms with van der Waals surface area (Å²) in [6.07, 6.45) is 0. The molecule has 1 aromatic heterocycles. The maximum absolute atomic E-state index is 13.0. The van der Waals surface area contributed by atoms with Crippen LogP contribution in [0.4, 0.5) is 15.1 Å². The first-order valence-corrected chi connectivity index (χ1v) is 6.66. The predicted molar refractivity (Wildman–Crippen MR) is 74.7 cm³/mol. The Hall–Kier alpha value is -1.37. The summed E-state index contributed by atoms with van der Waals surface area (Å²) in [5, 5.41) is 13.9. The van der Waals surface area contributed by atoms with Crippen LogP contribution < -0.4 is 5.32 Å². The maximum atomic E-state index is 13.0. The molecule has 19 heavy (non-hydrogen) atoms. The molecule has 100 valence electrons. The normalized spacial score (nSPS) is 10.5. The zero-order valence-corrected chi connectivity index (χ0v) is 11.7. The highest BCUT2D eigenvalue weighted by molar-refractivity contribution is 7.15. The van der Waals surface area contributed by atoms with Gasteiger partial charge in [-0.2, -0.15) is 0 Å². The van der Waals surface area contributed by atoms with Crippen LogP contribution >= 0.6 is 34.5 Å². The van der Waals surface area contributed by atoms with Crippen molar-refractivity contribution >= 4 is 45.2 Å². The summed E-state index contributed by atoms with van der Waals surface area (Å²) in [5.41, 5.74) is 0.404. The number of rotatable bonds is 4. The summed E-state index contributed by atoms with van der Waals surface area (Å²) < 4.78 is 13.0. The molecular weight excluding hydrogens is 314 g/mol. The van der Waals surface area contributed by atoms with Gasteiger partial charge in [-0.3, -0.25) is 10.1 Å². The molecule has 0 spiro atoms. The number of nitrogens with one attached hydrogen (secondary N) is 1. The SMILES string of the molecule is O=[N+]([O-])c1ccc(CNc2c(Cl)cc(F)cc2Cl)s1. The highest BCUT2D eigenvalue weighted by Gasteiger charge is 2.11. The van der Waals surface area contributed by atoms with Gasteiger partial charge in [0.05, 0.1) is 20.7 Å². The molecule has 0 saturated heterocycles. The quantitative estimate of drug-likeness (QED) is 0.655. The van der Waals surface area contributed by atoms with Crippen LogP contribution in [0.2, 0.25) is 10.0 Å². The summed E-state index contributed by atoms with van der Waals surface area (Å²) in [6.45, 7) is 0.323. The molecule has 8 heteroatoms. The zero-order chi connectivity index (χ0) is 14.0. The largest absolute Gasteiger partial charge is 0.378 e. The lowest BCUT2D eigenvalue weighted by molar-refractivity contribution is -0.380. The second-order valence-electron chi connectivity index (χ2n) is 3.60. The van der Waals surface area contributed by atoms with Crippen LogP contribution in [0, 0.1) is 15.9 Å². The van der Waals surface area contributed by atoms with Crippen molar-refractivity contribution in [2.24, 2.45) is 0 Å². The van der Waals surface area contributed by atoms with Gasteiger partial charge in [0, 0.05) is 17.5 Å². The maximum Gasteiger partial charge on any atom is 0.324 e. The van der Waals surface area contributed by atoms with Gasteiger partial charge in [-0.1, -0.05) is 34.5 Å². The van der Waals surface area contributed by atoms with Gasteiger partial charge in [-0.05, 0) is 18.2 Å². The Kier molecular flexibility index (Phi) is 4.24. The van der Waals surface area contributed by atoms with E-state index in [-0.39, 0.29) is 15.0 Å².